The third-order valence-corrected chi connectivity index (χ3v) is 6.76. The van der Waals surface area contributed by atoms with Crippen molar-refractivity contribution in [2.24, 2.45) is 0 Å². The Bertz CT molecular complexity index is 897. The van der Waals surface area contributed by atoms with Crippen molar-refractivity contribution in [3.63, 3.8) is 0 Å². The fraction of sp³-hybridized carbons (Fsp3) is 0.400. The van der Waals surface area contributed by atoms with Crippen molar-refractivity contribution in [1.82, 2.24) is 4.90 Å². The molecule has 0 saturated carbocycles. The molecule has 1 aromatic carbocycles. The summed E-state index contributed by atoms with van der Waals surface area (Å²) in [5, 5.41) is 6.50. The van der Waals surface area contributed by atoms with Crippen molar-refractivity contribution in [2.75, 3.05) is 17.3 Å². The number of carbonyl (C=O) groups excluding carboxylic acids is 2. The number of amides is 2. The summed E-state index contributed by atoms with van der Waals surface area (Å²) in [7, 11) is 2.17. The van der Waals surface area contributed by atoms with Gasteiger partial charge >= 0.3 is 6.09 Å². The van der Waals surface area contributed by atoms with Crippen LogP contribution in [-0.4, -0.2) is 42.1 Å². The van der Waals surface area contributed by atoms with Crippen LogP contribution >= 0.6 is 11.3 Å². The second-order valence-corrected chi connectivity index (χ2v) is 8.25. The monoisotopic (exact) mass is 383 g/mol. The summed E-state index contributed by atoms with van der Waals surface area (Å²) in [5.74, 6) is -0.202. The van der Waals surface area contributed by atoms with Crippen LogP contribution in [0.5, 0.6) is 0 Å². The quantitative estimate of drug-likeness (QED) is 0.801. The van der Waals surface area contributed by atoms with Gasteiger partial charge in [-0.15, -0.1) is 11.3 Å². The van der Waals surface area contributed by atoms with E-state index in [0.717, 1.165) is 12.8 Å². The van der Waals surface area contributed by atoms with Gasteiger partial charge in [-0.05, 0) is 32.0 Å². The predicted molar refractivity (Wildman–Crippen MR) is 105 cm³/mol. The lowest BCUT2D eigenvalue weighted by Gasteiger charge is -2.36. The molecule has 1 N–H and O–H groups in total. The standard InChI is InChI=1S/C20H21N3O3S/c1-22-12-6-7-13(22)9-14(8-12)26-20(25)23-17-5-3-2-4-16(17)21-19(24)15-10-27-11-18(15)23/h2-5,10-14H,6-9H2,1H3,(H,21,24). The Morgan fingerprint density at radius 1 is 1.15 bits per heavy atom. The Labute approximate surface area is 161 Å². The minimum Gasteiger partial charge on any atom is -0.445 e. The first-order valence-corrected chi connectivity index (χ1v) is 10.3. The summed E-state index contributed by atoms with van der Waals surface area (Å²) >= 11 is 1.40. The van der Waals surface area contributed by atoms with Crippen LogP contribution in [0, 0.1) is 0 Å². The van der Waals surface area contributed by atoms with Gasteiger partial charge in [0.1, 0.15) is 6.10 Å². The molecule has 2 atom stereocenters. The molecule has 7 heteroatoms. The number of nitrogens with zero attached hydrogens (tertiary/aromatic N) is 2. The molecule has 2 aromatic rings. The van der Waals surface area contributed by atoms with E-state index < -0.39 is 6.09 Å². The SMILES string of the molecule is CN1C2CCC1CC(OC(=O)N1c3ccccc3NC(=O)c3cscc31)C2. The van der Waals surface area contributed by atoms with Gasteiger partial charge in [-0.25, -0.2) is 9.69 Å². The van der Waals surface area contributed by atoms with Crippen LogP contribution < -0.4 is 10.2 Å². The zero-order chi connectivity index (χ0) is 18.5. The topological polar surface area (TPSA) is 61.9 Å². The van der Waals surface area contributed by atoms with Crippen molar-refractivity contribution in [1.29, 1.82) is 0 Å². The molecular weight excluding hydrogens is 362 g/mol. The maximum absolute atomic E-state index is 13.2. The molecule has 3 aliphatic heterocycles. The Kier molecular flexibility index (Phi) is 3.94. The first kappa shape index (κ1) is 16.8. The summed E-state index contributed by atoms with van der Waals surface area (Å²) in [6.07, 6.45) is 3.62. The average Bonchev–Trinajstić information content (AvgIpc) is 3.15. The third-order valence-electron chi connectivity index (χ3n) is 6.03. The van der Waals surface area contributed by atoms with Gasteiger partial charge < -0.3 is 15.0 Å². The summed E-state index contributed by atoms with van der Waals surface area (Å²) in [6.45, 7) is 0. The van der Waals surface area contributed by atoms with E-state index in [-0.39, 0.29) is 12.0 Å². The molecule has 2 saturated heterocycles. The zero-order valence-corrected chi connectivity index (χ0v) is 15.9. The van der Waals surface area contributed by atoms with E-state index in [0.29, 0.717) is 34.7 Å². The van der Waals surface area contributed by atoms with Crippen molar-refractivity contribution < 1.29 is 14.3 Å². The number of ether oxygens (including phenoxy) is 1. The van der Waals surface area contributed by atoms with Gasteiger partial charge in [0, 0.05) is 35.7 Å². The second-order valence-electron chi connectivity index (χ2n) is 7.51. The van der Waals surface area contributed by atoms with Crippen LogP contribution in [-0.2, 0) is 4.74 Å². The Hall–Kier alpha value is -2.38. The molecule has 140 valence electrons. The maximum atomic E-state index is 13.2. The predicted octanol–water partition coefficient (Wildman–Crippen LogP) is 4.21. The number of rotatable bonds is 1. The van der Waals surface area contributed by atoms with Gasteiger partial charge in [0.2, 0.25) is 0 Å². The minimum atomic E-state index is -0.410. The van der Waals surface area contributed by atoms with Gasteiger partial charge in [0.05, 0.1) is 22.6 Å². The number of piperidine rings is 1. The van der Waals surface area contributed by atoms with Crippen molar-refractivity contribution in [3.05, 3.63) is 40.6 Å². The van der Waals surface area contributed by atoms with Crippen LogP contribution in [0.25, 0.3) is 0 Å². The van der Waals surface area contributed by atoms with E-state index in [1.807, 2.05) is 23.6 Å². The number of anilines is 3. The molecule has 27 heavy (non-hydrogen) atoms. The van der Waals surface area contributed by atoms with Crippen molar-refractivity contribution in [3.8, 4) is 0 Å². The van der Waals surface area contributed by atoms with Crippen LogP contribution in [0.1, 0.15) is 36.0 Å². The number of nitrogens with one attached hydrogen (secondary N) is 1. The molecule has 2 bridgehead atoms. The first-order chi connectivity index (χ1) is 13.1. The zero-order valence-electron chi connectivity index (χ0n) is 15.1. The number of hydrogen-bond acceptors (Lipinski definition) is 5. The van der Waals surface area contributed by atoms with Crippen molar-refractivity contribution in [2.45, 2.75) is 43.9 Å². The summed E-state index contributed by atoms with van der Waals surface area (Å²) < 4.78 is 5.96. The number of hydrogen-bond donors (Lipinski definition) is 1. The van der Waals surface area contributed by atoms with Gasteiger partial charge in [0.25, 0.3) is 5.91 Å². The molecule has 0 aliphatic carbocycles. The lowest BCUT2D eigenvalue weighted by Crippen LogP contribution is -2.44. The third kappa shape index (κ3) is 2.73. The molecule has 6 nitrogen and oxygen atoms in total. The molecule has 5 rings (SSSR count). The average molecular weight is 383 g/mol. The highest BCUT2D eigenvalue weighted by molar-refractivity contribution is 7.08. The summed E-state index contributed by atoms with van der Waals surface area (Å²) in [4.78, 5) is 29.7. The second kappa shape index (κ2) is 6.35. The number of carbonyl (C=O) groups is 2. The lowest BCUT2D eigenvalue weighted by molar-refractivity contribution is 0.0327. The maximum Gasteiger partial charge on any atom is 0.419 e. The highest BCUT2D eigenvalue weighted by Crippen LogP contribution is 2.41. The van der Waals surface area contributed by atoms with Gasteiger partial charge in [-0.3, -0.25) is 4.79 Å². The number of fused-ring (bicyclic) bond motifs is 4. The lowest BCUT2D eigenvalue weighted by atomic mass is 10.0. The number of benzene rings is 1. The molecule has 0 spiro atoms. The molecule has 3 aliphatic rings. The molecule has 2 amide bonds. The van der Waals surface area contributed by atoms with Gasteiger partial charge in [0.15, 0.2) is 0 Å². The number of para-hydroxylation sites is 2. The Morgan fingerprint density at radius 3 is 2.67 bits per heavy atom. The highest BCUT2D eigenvalue weighted by Gasteiger charge is 2.41. The molecule has 2 unspecified atom stereocenters. The van der Waals surface area contributed by atoms with Gasteiger partial charge in [-0.2, -0.15) is 0 Å². The number of thiophene rings is 1. The largest absolute Gasteiger partial charge is 0.445 e. The van der Waals surface area contributed by atoms with E-state index in [1.54, 1.807) is 16.3 Å². The van der Waals surface area contributed by atoms with E-state index in [2.05, 4.69) is 17.3 Å². The normalized spacial score (nSPS) is 26.8. The Morgan fingerprint density at radius 2 is 1.89 bits per heavy atom. The highest BCUT2D eigenvalue weighted by atomic mass is 32.1. The fourth-order valence-corrected chi connectivity index (χ4v) is 5.37. The molecule has 4 heterocycles. The van der Waals surface area contributed by atoms with Crippen LogP contribution in [0.2, 0.25) is 0 Å². The summed E-state index contributed by atoms with van der Waals surface area (Å²) in [5.41, 5.74) is 2.34. The van der Waals surface area contributed by atoms with E-state index in [1.165, 1.54) is 24.2 Å². The fourth-order valence-electron chi connectivity index (χ4n) is 4.58. The van der Waals surface area contributed by atoms with Crippen molar-refractivity contribution >= 4 is 40.4 Å². The van der Waals surface area contributed by atoms with Crippen LogP contribution in [0.15, 0.2) is 35.0 Å². The minimum absolute atomic E-state index is 0.0765. The van der Waals surface area contributed by atoms with Crippen LogP contribution in [0.3, 0.4) is 0 Å². The van der Waals surface area contributed by atoms with Gasteiger partial charge in [-0.1, -0.05) is 12.1 Å². The van der Waals surface area contributed by atoms with E-state index in [9.17, 15) is 9.59 Å². The first-order valence-electron chi connectivity index (χ1n) is 9.31. The smallest absolute Gasteiger partial charge is 0.419 e. The summed E-state index contributed by atoms with van der Waals surface area (Å²) in [6, 6.07) is 8.34. The molecular formula is C20H21N3O3S. The molecule has 2 fully saturated rings. The van der Waals surface area contributed by atoms with E-state index >= 15 is 0 Å². The Balaban J connectivity index is 1.47. The molecule has 1 aromatic heterocycles. The molecule has 0 radical (unpaired) electrons. The van der Waals surface area contributed by atoms with Crippen LogP contribution in [0.4, 0.5) is 21.9 Å². The van der Waals surface area contributed by atoms with E-state index in [4.69, 9.17) is 4.74 Å².